The van der Waals surface area contributed by atoms with Crippen LogP contribution in [0.2, 0.25) is 5.15 Å². The van der Waals surface area contributed by atoms with Gasteiger partial charge in [-0.3, -0.25) is 4.79 Å². The zero-order valence-corrected chi connectivity index (χ0v) is 17.2. The highest BCUT2D eigenvalue weighted by Gasteiger charge is 2.36. The Morgan fingerprint density at radius 3 is 2.71 bits per heavy atom. The van der Waals surface area contributed by atoms with Crippen LogP contribution in [0.3, 0.4) is 0 Å². The monoisotopic (exact) mass is 408 g/mol. The number of hydrogen-bond acceptors (Lipinski definition) is 6. The summed E-state index contributed by atoms with van der Waals surface area (Å²) in [4.78, 5) is 25.7. The molecule has 1 amide bonds. The molecule has 28 heavy (non-hydrogen) atoms. The maximum atomic E-state index is 12.1. The van der Waals surface area contributed by atoms with E-state index in [0.717, 1.165) is 76.7 Å². The number of aromatic nitrogens is 2. The quantitative estimate of drug-likeness (QED) is 0.696. The molecule has 1 aromatic heterocycles. The summed E-state index contributed by atoms with van der Waals surface area (Å²) in [6, 6.07) is 1.88. The van der Waals surface area contributed by atoms with Gasteiger partial charge in [-0.2, -0.15) is 0 Å². The molecule has 3 fully saturated rings. The Bertz CT molecular complexity index is 698. The van der Waals surface area contributed by atoms with Crippen molar-refractivity contribution in [1.82, 2.24) is 14.9 Å². The van der Waals surface area contributed by atoms with Crippen molar-refractivity contribution < 1.29 is 14.3 Å². The van der Waals surface area contributed by atoms with Crippen LogP contribution >= 0.6 is 11.6 Å². The SMILES string of the molecule is COCC(=O)N1CCC(C2CCN(c3cc(Cl)nc(C4CCOCC4)n3)C2)C1. The number of methoxy groups -OCH3 is 1. The molecule has 2 unspecified atom stereocenters. The van der Waals surface area contributed by atoms with Gasteiger partial charge in [-0.15, -0.1) is 0 Å². The predicted molar refractivity (Wildman–Crippen MR) is 107 cm³/mol. The number of anilines is 1. The third-order valence-corrected chi connectivity index (χ3v) is 6.54. The van der Waals surface area contributed by atoms with Crippen molar-refractivity contribution in [3.05, 3.63) is 17.0 Å². The topological polar surface area (TPSA) is 67.8 Å². The second kappa shape index (κ2) is 8.93. The van der Waals surface area contributed by atoms with E-state index >= 15 is 0 Å². The standard InChI is InChI=1S/C20H29ClN4O3/c1-27-13-19(26)25-7-3-16(12-25)15-2-6-24(11-15)18-10-17(21)22-20(23-18)14-4-8-28-9-5-14/h10,14-16H,2-9,11-13H2,1H3. The highest BCUT2D eigenvalue weighted by Crippen LogP contribution is 2.34. The van der Waals surface area contributed by atoms with Crippen molar-refractivity contribution in [3.63, 3.8) is 0 Å². The van der Waals surface area contributed by atoms with Crippen molar-refractivity contribution in [1.29, 1.82) is 0 Å². The summed E-state index contributed by atoms with van der Waals surface area (Å²) in [6.45, 7) is 5.35. The summed E-state index contributed by atoms with van der Waals surface area (Å²) in [7, 11) is 1.57. The number of rotatable bonds is 5. The second-order valence-corrected chi connectivity index (χ2v) is 8.50. The zero-order chi connectivity index (χ0) is 19.5. The van der Waals surface area contributed by atoms with E-state index in [1.807, 2.05) is 11.0 Å². The van der Waals surface area contributed by atoms with Gasteiger partial charge in [-0.25, -0.2) is 9.97 Å². The van der Waals surface area contributed by atoms with E-state index in [9.17, 15) is 4.79 Å². The third-order valence-electron chi connectivity index (χ3n) is 6.35. The molecular weight excluding hydrogens is 380 g/mol. The van der Waals surface area contributed by atoms with Gasteiger partial charge in [-0.1, -0.05) is 11.6 Å². The molecule has 0 N–H and O–H groups in total. The Kier molecular flexibility index (Phi) is 6.33. The third kappa shape index (κ3) is 4.42. The lowest BCUT2D eigenvalue weighted by Gasteiger charge is -2.24. The maximum absolute atomic E-state index is 12.1. The Morgan fingerprint density at radius 2 is 1.93 bits per heavy atom. The summed E-state index contributed by atoms with van der Waals surface area (Å²) < 4.78 is 10.4. The van der Waals surface area contributed by atoms with Crippen LogP contribution in [0.5, 0.6) is 0 Å². The first kappa shape index (κ1) is 19.9. The molecule has 0 radical (unpaired) electrons. The average Bonchev–Trinajstić information content (AvgIpc) is 3.38. The number of likely N-dealkylation sites (tertiary alicyclic amines) is 1. The largest absolute Gasteiger partial charge is 0.381 e. The molecule has 4 heterocycles. The minimum absolute atomic E-state index is 0.100. The molecule has 0 aliphatic carbocycles. The number of ether oxygens (including phenoxy) is 2. The number of amides is 1. The molecule has 1 aromatic rings. The van der Waals surface area contributed by atoms with E-state index in [-0.39, 0.29) is 12.5 Å². The lowest BCUT2D eigenvalue weighted by atomic mass is 9.91. The minimum atomic E-state index is 0.100. The van der Waals surface area contributed by atoms with E-state index < -0.39 is 0 Å². The van der Waals surface area contributed by atoms with Crippen molar-refractivity contribution in [3.8, 4) is 0 Å². The molecule has 7 nitrogen and oxygen atoms in total. The van der Waals surface area contributed by atoms with Gasteiger partial charge in [0.2, 0.25) is 5.91 Å². The number of hydrogen-bond donors (Lipinski definition) is 0. The Hall–Kier alpha value is -1.44. The van der Waals surface area contributed by atoms with Crippen LogP contribution in [-0.4, -0.2) is 73.9 Å². The van der Waals surface area contributed by atoms with Gasteiger partial charge >= 0.3 is 0 Å². The van der Waals surface area contributed by atoms with Gasteiger partial charge in [0.1, 0.15) is 23.4 Å². The summed E-state index contributed by atoms with van der Waals surface area (Å²) >= 11 is 6.33. The Morgan fingerprint density at radius 1 is 1.18 bits per heavy atom. The lowest BCUT2D eigenvalue weighted by Crippen LogP contribution is -2.33. The van der Waals surface area contributed by atoms with Crippen LogP contribution in [-0.2, 0) is 14.3 Å². The average molecular weight is 409 g/mol. The van der Waals surface area contributed by atoms with Gasteiger partial charge in [0.05, 0.1) is 0 Å². The normalized spacial score (nSPS) is 26.2. The van der Waals surface area contributed by atoms with Gasteiger partial charge < -0.3 is 19.3 Å². The molecule has 4 rings (SSSR count). The van der Waals surface area contributed by atoms with Crippen molar-refractivity contribution in [2.24, 2.45) is 11.8 Å². The van der Waals surface area contributed by atoms with Crippen molar-refractivity contribution in [2.45, 2.75) is 31.6 Å². The number of halogens is 1. The van der Waals surface area contributed by atoms with Crippen LogP contribution in [0, 0.1) is 11.8 Å². The number of carbonyl (C=O) groups excluding carboxylic acids is 1. The molecule has 0 saturated carbocycles. The van der Waals surface area contributed by atoms with E-state index in [1.165, 1.54) is 0 Å². The fraction of sp³-hybridized carbons (Fsp3) is 0.750. The number of nitrogens with zero attached hydrogens (tertiary/aromatic N) is 4. The first-order chi connectivity index (χ1) is 13.6. The maximum Gasteiger partial charge on any atom is 0.248 e. The molecule has 154 valence electrons. The second-order valence-electron chi connectivity index (χ2n) is 8.11. The van der Waals surface area contributed by atoms with Crippen molar-refractivity contribution in [2.75, 3.05) is 58.0 Å². The molecule has 3 aliphatic heterocycles. The molecule has 3 aliphatic rings. The molecule has 0 spiro atoms. The van der Waals surface area contributed by atoms with Crippen LogP contribution in [0.25, 0.3) is 0 Å². The first-order valence-corrected chi connectivity index (χ1v) is 10.7. The van der Waals surface area contributed by atoms with E-state index in [0.29, 0.717) is 22.9 Å². The minimum Gasteiger partial charge on any atom is -0.381 e. The van der Waals surface area contributed by atoms with Crippen LogP contribution in [0.4, 0.5) is 5.82 Å². The van der Waals surface area contributed by atoms with Gasteiger partial charge in [0, 0.05) is 58.5 Å². The van der Waals surface area contributed by atoms with E-state index in [1.54, 1.807) is 7.11 Å². The smallest absolute Gasteiger partial charge is 0.248 e. The highest BCUT2D eigenvalue weighted by atomic mass is 35.5. The first-order valence-electron chi connectivity index (χ1n) is 10.3. The summed E-state index contributed by atoms with van der Waals surface area (Å²) in [5, 5.41) is 0.521. The van der Waals surface area contributed by atoms with E-state index in [4.69, 9.17) is 26.1 Å². The fourth-order valence-corrected chi connectivity index (χ4v) is 4.90. The van der Waals surface area contributed by atoms with Crippen LogP contribution < -0.4 is 4.90 Å². The fourth-order valence-electron chi connectivity index (χ4n) is 4.72. The van der Waals surface area contributed by atoms with Gasteiger partial charge in [0.15, 0.2) is 0 Å². The zero-order valence-electron chi connectivity index (χ0n) is 16.5. The summed E-state index contributed by atoms with van der Waals surface area (Å²) in [5.41, 5.74) is 0. The van der Waals surface area contributed by atoms with Crippen LogP contribution in [0.1, 0.15) is 37.4 Å². The van der Waals surface area contributed by atoms with Crippen molar-refractivity contribution >= 4 is 23.3 Å². The summed E-state index contributed by atoms with van der Waals surface area (Å²) in [5.74, 6) is 3.36. The van der Waals surface area contributed by atoms with Gasteiger partial charge in [0.25, 0.3) is 0 Å². The lowest BCUT2D eigenvalue weighted by molar-refractivity contribution is -0.134. The Balaban J connectivity index is 1.39. The number of carbonyl (C=O) groups is 1. The molecule has 8 heteroatoms. The van der Waals surface area contributed by atoms with E-state index in [2.05, 4.69) is 9.88 Å². The molecule has 3 saturated heterocycles. The van der Waals surface area contributed by atoms with Gasteiger partial charge in [-0.05, 0) is 37.5 Å². The summed E-state index contributed by atoms with van der Waals surface area (Å²) in [6.07, 6.45) is 4.11. The highest BCUT2D eigenvalue weighted by molar-refractivity contribution is 6.29. The molecule has 2 atom stereocenters. The molecule has 0 aromatic carbocycles. The molecule has 0 bridgehead atoms. The predicted octanol–water partition coefficient (Wildman–Crippen LogP) is 2.35. The van der Waals surface area contributed by atoms with Crippen LogP contribution in [0.15, 0.2) is 6.07 Å². The molecular formula is C20H29ClN4O3. The Labute approximate surface area is 171 Å².